The van der Waals surface area contributed by atoms with Gasteiger partial charge in [0.05, 0.1) is 6.61 Å². The third kappa shape index (κ3) is 13.4. The molecule has 0 saturated carbocycles. The lowest BCUT2D eigenvalue weighted by atomic mass is 10.4. The van der Waals surface area contributed by atoms with Crippen LogP contribution in [0.1, 0.15) is 32.5 Å². The number of rotatable bonds is 4. The van der Waals surface area contributed by atoms with Crippen LogP contribution in [0, 0.1) is 17.0 Å². The summed E-state index contributed by atoms with van der Waals surface area (Å²) in [5, 5.41) is 19.0. The van der Waals surface area contributed by atoms with E-state index in [-0.39, 0.29) is 19.0 Å². The Labute approximate surface area is 122 Å². The van der Waals surface area contributed by atoms with Gasteiger partial charge < -0.3 is 29.9 Å². The second-order valence-electron chi connectivity index (χ2n) is 3.81. The number of aromatic nitrogens is 2. The summed E-state index contributed by atoms with van der Waals surface area (Å²) in [4.78, 5) is 35.2. The zero-order valence-electron chi connectivity index (χ0n) is 12.2. The van der Waals surface area contributed by atoms with E-state index in [1.54, 1.807) is 6.92 Å². The molecule has 0 fully saturated rings. The quantitative estimate of drug-likeness (QED) is 0.361. The van der Waals surface area contributed by atoms with Crippen molar-refractivity contribution in [1.29, 1.82) is 0 Å². The number of phosphoric acid groups is 1. The summed E-state index contributed by atoms with van der Waals surface area (Å²) in [6.45, 7) is 6.10. The van der Waals surface area contributed by atoms with Gasteiger partial charge in [0.1, 0.15) is 12.7 Å². The van der Waals surface area contributed by atoms with Crippen LogP contribution >= 0.6 is 7.82 Å². The van der Waals surface area contributed by atoms with Gasteiger partial charge in [0, 0.05) is 6.92 Å². The lowest BCUT2D eigenvalue weighted by Gasteiger charge is -1.98. The predicted octanol–water partition coefficient (Wildman–Crippen LogP) is 0.970. The van der Waals surface area contributed by atoms with E-state index < -0.39 is 12.7 Å². The first-order valence-electron chi connectivity index (χ1n) is 6.14. The summed E-state index contributed by atoms with van der Waals surface area (Å²) >= 11 is 0. The molecule has 124 valence electrons. The molecular weight excluding hydrogens is 305 g/mol. The molecule has 1 heterocycles. The number of nitro groups is 1. The molecule has 0 radical (unpaired) electrons. The van der Waals surface area contributed by atoms with Gasteiger partial charge in [0.25, 0.3) is 0 Å². The third-order valence-electron chi connectivity index (χ3n) is 2.04. The Morgan fingerprint density at radius 3 is 2.05 bits per heavy atom. The highest BCUT2D eigenvalue weighted by Gasteiger charge is 2.15. The molecule has 0 unspecified atom stereocenters. The zero-order valence-corrected chi connectivity index (χ0v) is 13.1. The van der Waals surface area contributed by atoms with Crippen molar-refractivity contribution in [2.45, 2.75) is 40.2 Å². The maximum atomic E-state index is 10.4. The van der Waals surface area contributed by atoms with Crippen molar-refractivity contribution in [3.05, 3.63) is 22.1 Å². The molecule has 0 saturated heterocycles. The van der Waals surface area contributed by atoms with Crippen molar-refractivity contribution in [1.82, 2.24) is 9.55 Å². The van der Waals surface area contributed by atoms with E-state index >= 15 is 0 Å². The average Bonchev–Trinajstić information content (AvgIpc) is 2.70. The molecule has 1 rings (SSSR count). The van der Waals surface area contributed by atoms with Crippen LogP contribution in [0.25, 0.3) is 0 Å². The Morgan fingerprint density at radius 2 is 1.76 bits per heavy atom. The molecule has 0 aliphatic heterocycles. The normalized spacial score (nSPS) is 10.0. The van der Waals surface area contributed by atoms with E-state index in [0.717, 1.165) is 0 Å². The molecule has 0 aromatic carbocycles. The smallest absolute Gasteiger partial charge is 0.392 e. The maximum Gasteiger partial charge on any atom is 0.466 e. The number of nitrogens with zero attached hydrogens (tertiary/aromatic N) is 3. The average molecular weight is 327 g/mol. The molecule has 21 heavy (non-hydrogen) atoms. The molecule has 0 aliphatic carbocycles. The highest BCUT2D eigenvalue weighted by molar-refractivity contribution is 7.45. The van der Waals surface area contributed by atoms with Crippen molar-refractivity contribution in [3.63, 3.8) is 0 Å². The fraction of sp³-hybridized carbons (Fsp3) is 0.700. The van der Waals surface area contributed by atoms with E-state index in [1.807, 2.05) is 0 Å². The number of aryl methyl sites for hydroxylation is 1. The number of unbranched alkanes of at least 4 members (excludes halogenated alkanes) is 1. The van der Waals surface area contributed by atoms with E-state index in [2.05, 4.69) is 18.8 Å². The maximum absolute atomic E-state index is 10.4. The van der Waals surface area contributed by atoms with Gasteiger partial charge in [-0.3, -0.25) is 0 Å². The molecule has 0 amide bonds. The molecule has 4 N–H and O–H groups in total. The predicted molar refractivity (Wildman–Crippen MR) is 75.5 cm³/mol. The van der Waals surface area contributed by atoms with Gasteiger partial charge in [-0.2, -0.15) is 0 Å². The SMILES string of the molecule is CCCC.Cc1ncc([N+](=O)[O-])n1CCO.O=P(O)(O)O. The fourth-order valence-electron chi connectivity index (χ4n) is 0.978. The van der Waals surface area contributed by atoms with Crippen LogP contribution in [-0.2, 0) is 11.1 Å². The topological polar surface area (TPSA) is 159 Å². The van der Waals surface area contributed by atoms with Crippen molar-refractivity contribution in [3.8, 4) is 0 Å². The van der Waals surface area contributed by atoms with E-state index in [0.29, 0.717) is 5.82 Å². The molecule has 1 aromatic heterocycles. The van der Waals surface area contributed by atoms with Crippen molar-refractivity contribution < 1.29 is 29.3 Å². The number of hydrogen-bond acceptors (Lipinski definition) is 5. The largest absolute Gasteiger partial charge is 0.466 e. The molecule has 0 bridgehead atoms. The minimum absolute atomic E-state index is 0.0819. The van der Waals surface area contributed by atoms with Gasteiger partial charge in [-0.05, 0) is 4.92 Å². The van der Waals surface area contributed by atoms with Gasteiger partial charge in [-0.15, -0.1) is 0 Å². The van der Waals surface area contributed by atoms with E-state index in [4.69, 9.17) is 24.4 Å². The molecule has 11 heteroatoms. The first-order chi connectivity index (χ1) is 9.58. The minimum atomic E-state index is -4.64. The summed E-state index contributed by atoms with van der Waals surface area (Å²) < 4.78 is 10.2. The third-order valence-corrected chi connectivity index (χ3v) is 2.04. The fourth-order valence-corrected chi connectivity index (χ4v) is 0.978. The first-order valence-corrected chi connectivity index (χ1v) is 7.70. The number of imidazole rings is 1. The second-order valence-corrected chi connectivity index (χ2v) is 4.84. The standard InChI is InChI=1S/C6H9N3O3.C4H10.H3O4P/c1-5-7-4-6(9(11)12)8(5)2-3-10;1-3-4-2;1-5(2,3)4/h4,10H,2-3H2,1H3;3-4H2,1-2H3;(H3,1,2,3,4). The van der Waals surface area contributed by atoms with Gasteiger partial charge >= 0.3 is 13.6 Å². The number of hydrogen-bond donors (Lipinski definition) is 4. The Kier molecular flexibility index (Phi) is 11.9. The van der Waals surface area contributed by atoms with Crippen molar-refractivity contribution in [2.24, 2.45) is 0 Å². The van der Waals surface area contributed by atoms with Crippen LogP contribution in [0.4, 0.5) is 5.82 Å². The molecule has 0 atom stereocenters. The van der Waals surface area contributed by atoms with Crippen LogP contribution in [0.2, 0.25) is 0 Å². The lowest BCUT2D eigenvalue weighted by Crippen LogP contribution is -2.07. The highest BCUT2D eigenvalue weighted by Crippen LogP contribution is 2.25. The van der Waals surface area contributed by atoms with Crippen LogP contribution in [0.3, 0.4) is 0 Å². The lowest BCUT2D eigenvalue weighted by molar-refractivity contribution is -0.392. The Morgan fingerprint density at radius 1 is 1.33 bits per heavy atom. The van der Waals surface area contributed by atoms with Crippen LogP contribution in [0.5, 0.6) is 0 Å². The molecular formula is C10H22N3O7P. The summed E-state index contributed by atoms with van der Waals surface area (Å²) in [5.41, 5.74) is 0. The van der Waals surface area contributed by atoms with Gasteiger partial charge in [-0.25, -0.2) is 14.1 Å². The monoisotopic (exact) mass is 327 g/mol. The minimum Gasteiger partial charge on any atom is -0.392 e. The summed E-state index contributed by atoms with van der Waals surface area (Å²) in [7, 11) is -4.64. The van der Waals surface area contributed by atoms with Crippen LogP contribution in [0.15, 0.2) is 6.20 Å². The Bertz CT molecular complexity index is 447. The zero-order chi connectivity index (χ0) is 17.1. The molecule has 0 spiro atoms. The Balaban J connectivity index is 0. The van der Waals surface area contributed by atoms with Gasteiger partial charge in [0.2, 0.25) is 0 Å². The van der Waals surface area contributed by atoms with Gasteiger partial charge in [0.15, 0.2) is 5.82 Å². The number of aliphatic hydroxyl groups is 1. The van der Waals surface area contributed by atoms with Crippen molar-refractivity contribution >= 4 is 13.6 Å². The van der Waals surface area contributed by atoms with Crippen molar-refractivity contribution in [2.75, 3.05) is 6.61 Å². The summed E-state index contributed by atoms with van der Waals surface area (Å²) in [6.07, 6.45) is 3.82. The number of aliphatic hydroxyl groups excluding tert-OH is 1. The molecule has 0 aliphatic rings. The van der Waals surface area contributed by atoms with Crippen LogP contribution in [-0.4, -0.2) is 40.9 Å². The van der Waals surface area contributed by atoms with Crippen LogP contribution < -0.4 is 0 Å². The highest BCUT2D eigenvalue weighted by atomic mass is 31.2. The summed E-state index contributed by atoms with van der Waals surface area (Å²) in [5.74, 6) is 0.456. The first kappa shape index (κ1) is 22.0. The van der Waals surface area contributed by atoms with E-state index in [9.17, 15) is 10.1 Å². The van der Waals surface area contributed by atoms with Gasteiger partial charge in [-0.1, -0.05) is 26.7 Å². The molecule has 1 aromatic rings. The van der Waals surface area contributed by atoms with E-state index in [1.165, 1.54) is 23.6 Å². The second kappa shape index (κ2) is 11.4. The molecule has 10 nitrogen and oxygen atoms in total. The summed E-state index contributed by atoms with van der Waals surface area (Å²) in [6, 6.07) is 0. The Hall–Kier alpha value is -1.32.